The lowest BCUT2D eigenvalue weighted by atomic mass is 10.1. The molecule has 0 aromatic heterocycles. The summed E-state index contributed by atoms with van der Waals surface area (Å²) in [6.45, 7) is 1.59. The zero-order valence-corrected chi connectivity index (χ0v) is 15.0. The maximum atomic E-state index is 13.6. The zero-order chi connectivity index (χ0) is 20.9. The number of rotatable bonds is 4. The van der Waals surface area contributed by atoms with Gasteiger partial charge in [0.05, 0.1) is 11.4 Å². The first-order valence-electron chi connectivity index (χ1n) is 7.61. The Bertz CT molecular complexity index is 913. The quantitative estimate of drug-likeness (QED) is 0.303. The fraction of sp³-hybridized carbons (Fsp3) is 0.118. The van der Waals surface area contributed by atoms with E-state index in [1.165, 1.54) is 30.3 Å². The van der Waals surface area contributed by atoms with Crippen LogP contribution < -0.4 is 16.1 Å². The van der Waals surface area contributed by atoms with Gasteiger partial charge in [-0.3, -0.25) is 10.2 Å². The van der Waals surface area contributed by atoms with Crippen LogP contribution in [0, 0.1) is 11.6 Å². The molecule has 0 radical (unpaired) electrons. The smallest absolute Gasteiger partial charge is 0.329 e. The average Bonchev–Trinajstić information content (AvgIpc) is 2.62. The molecule has 28 heavy (non-hydrogen) atoms. The van der Waals surface area contributed by atoms with Crippen LogP contribution in [0.4, 0.5) is 33.3 Å². The van der Waals surface area contributed by atoms with E-state index in [9.17, 15) is 26.7 Å². The van der Waals surface area contributed by atoms with Crippen LogP contribution in [0.25, 0.3) is 0 Å². The summed E-state index contributed by atoms with van der Waals surface area (Å²) in [5.41, 5.74) is 3.34. The highest BCUT2D eigenvalue weighted by molar-refractivity contribution is 7.80. The van der Waals surface area contributed by atoms with Crippen LogP contribution in [0.15, 0.2) is 47.6 Å². The minimum Gasteiger partial charge on any atom is -0.329 e. The zero-order valence-electron chi connectivity index (χ0n) is 14.2. The summed E-state index contributed by atoms with van der Waals surface area (Å²) in [6.07, 6.45) is -4.98. The second kappa shape index (κ2) is 8.74. The van der Waals surface area contributed by atoms with Gasteiger partial charge in [0.2, 0.25) is 0 Å². The number of anilines is 2. The lowest BCUT2D eigenvalue weighted by Gasteiger charge is -2.10. The SMILES string of the molecule is CC(=NNC(=S)Nc1ccc(F)cc1F)c1ccc(NC(=O)C(F)(F)F)cc1. The number of carbonyl (C=O) groups is 1. The summed E-state index contributed by atoms with van der Waals surface area (Å²) in [5.74, 6) is -3.64. The number of benzene rings is 2. The van der Waals surface area contributed by atoms with Gasteiger partial charge in [-0.15, -0.1) is 0 Å². The first-order chi connectivity index (χ1) is 13.1. The molecule has 3 N–H and O–H groups in total. The summed E-state index contributed by atoms with van der Waals surface area (Å²) in [6, 6.07) is 8.37. The van der Waals surface area contributed by atoms with Crippen LogP contribution in [-0.2, 0) is 4.79 Å². The Kier molecular flexibility index (Phi) is 6.62. The molecule has 0 saturated heterocycles. The minimum atomic E-state index is -4.98. The van der Waals surface area contributed by atoms with E-state index in [4.69, 9.17) is 12.2 Å². The van der Waals surface area contributed by atoms with Gasteiger partial charge in [0.1, 0.15) is 11.6 Å². The topological polar surface area (TPSA) is 65.5 Å². The minimum absolute atomic E-state index is 0.0317. The molecule has 0 saturated carbocycles. The van der Waals surface area contributed by atoms with Crippen molar-refractivity contribution in [3.8, 4) is 0 Å². The average molecular weight is 416 g/mol. The number of nitrogens with zero attached hydrogens (tertiary/aromatic N) is 1. The van der Waals surface area contributed by atoms with Crippen molar-refractivity contribution >= 4 is 40.3 Å². The Labute approximate surface area is 161 Å². The second-order valence-electron chi connectivity index (χ2n) is 5.42. The normalized spacial score (nSPS) is 11.7. The molecule has 2 aromatic carbocycles. The fourth-order valence-electron chi connectivity index (χ4n) is 1.94. The van der Waals surface area contributed by atoms with E-state index in [2.05, 4.69) is 15.8 Å². The van der Waals surface area contributed by atoms with Crippen LogP contribution >= 0.6 is 12.2 Å². The summed E-state index contributed by atoms with van der Waals surface area (Å²) in [7, 11) is 0. The number of amides is 1. The molecule has 148 valence electrons. The Morgan fingerprint density at radius 1 is 1.04 bits per heavy atom. The van der Waals surface area contributed by atoms with Crippen molar-refractivity contribution in [3.63, 3.8) is 0 Å². The molecule has 0 bridgehead atoms. The van der Waals surface area contributed by atoms with Crippen molar-refractivity contribution in [2.45, 2.75) is 13.1 Å². The van der Waals surface area contributed by atoms with E-state index in [0.717, 1.165) is 6.07 Å². The van der Waals surface area contributed by atoms with Crippen molar-refractivity contribution in [2.24, 2.45) is 5.10 Å². The number of thiocarbonyl (C=S) groups is 1. The molecule has 0 aliphatic rings. The number of halogens is 5. The van der Waals surface area contributed by atoms with Gasteiger partial charge >= 0.3 is 12.1 Å². The van der Waals surface area contributed by atoms with Crippen LogP contribution in [0.5, 0.6) is 0 Å². The molecular formula is C17H13F5N4OS. The molecule has 0 aliphatic carbocycles. The number of nitrogens with one attached hydrogen (secondary N) is 3. The van der Waals surface area contributed by atoms with Gasteiger partial charge in [0.15, 0.2) is 5.11 Å². The predicted molar refractivity (Wildman–Crippen MR) is 99.1 cm³/mol. The summed E-state index contributed by atoms with van der Waals surface area (Å²) >= 11 is 4.96. The molecule has 0 fully saturated rings. The largest absolute Gasteiger partial charge is 0.471 e. The third-order valence-electron chi connectivity index (χ3n) is 3.32. The molecule has 1 amide bonds. The number of alkyl halides is 3. The number of hydrogen-bond acceptors (Lipinski definition) is 3. The van der Waals surface area contributed by atoms with Gasteiger partial charge in [-0.25, -0.2) is 8.78 Å². The van der Waals surface area contributed by atoms with Crippen molar-refractivity contribution in [3.05, 3.63) is 59.7 Å². The van der Waals surface area contributed by atoms with Crippen molar-refractivity contribution in [2.75, 3.05) is 10.6 Å². The van der Waals surface area contributed by atoms with E-state index in [0.29, 0.717) is 17.3 Å². The number of hydrogen-bond donors (Lipinski definition) is 3. The highest BCUT2D eigenvalue weighted by Crippen LogP contribution is 2.19. The predicted octanol–water partition coefficient (Wildman–Crippen LogP) is 4.18. The molecule has 0 heterocycles. The van der Waals surface area contributed by atoms with Crippen molar-refractivity contribution in [1.82, 2.24) is 5.43 Å². The molecule has 11 heteroatoms. The van der Waals surface area contributed by atoms with Gasteiger partial charge in [0.25, 0.3) is 0 Å². The van der Waals surface area contributed by atoms with E-state index < -0.39 is 23.7 Å². The van der Waals surface area contributed by atoms with E-state index in [1.807, 2.05) is 0 Å². The van der Waals surface area contributed by atoms with Crippen LogP contribution in [0.1, 0.15) is 12.5 Å². The van der Waals surface area contributed by atoms with E-state index >= 15 is 0 Å². The van der Waals surface area contributed by atoms with Crippen LogP contribution in [0.3, 0.4) is 0 Å². The fourth-order valence-corrected chi connectivity index (χ4v) is 2.09. The first kappa shape index (κ1) is 21.2. The Hall–Kier alpha value is -3.08. The highest BCUT2D eigenvalue weighted by Gasteiger charge is 2.38. The molecule has 0 unspecified atom stereocenters. The Balaban J connectivity index is 1.97. The summed E-state index contributed by atoms with van der Waals surface area (Å²) < 4.78 is 63.1. The van der Waals surface area contributed by atoms with Gasteiger partial charge in [-0.2, -0.15) is 18.3 Å². The van der Waals surface area contributed by atoms with E-state index in [1.54, 1.807) is 12.2 Å². The maximum absolute atomic E-state index is 13.6. The molecule has 0 atom stereocenters. The highest BCUT2D eigenvalue weighted by atomic mass is 32.1. The van der Waals surface area contributed by atoms with Crippen molar-refractivity contribution < 1.29 is 26.7 Å². The van der Waals surface area contributed by atoms with Crippen LogP contribution in [0.2, 0.25) is 0 Å². The van der Waals surface area contributed by atoms with Crippen LogP contribution in [-0.4, -0.2) is 22.9 Å². The standard InChI is InChI=1S/C17H13F5N4OS/c1-9(10-2-5-12(6-3-10)23-15(27)17(20,21)22)25-26-16(28)24-14-7-4-11(18)8-13(14)19/h2-8H,1H3,(H,23,27)(H2,24,26,28). The molecule has 5 nitrogen and oxygen atoms in total. The van der Waals surface area contributed by atoms with Crippen molar-refractivity contribution in [1.29, 1.82) is 0 Å². The first-order valence-corrected chi connectivity index (χ1v) is 8.02. The molecular weight excluding hydrogens is 403 g/mol. The summed E-state index contributed by atoms with van der Waals surface area (Å²) in [4.78, 5) is 10.9. The molecule has 2 rings (SSSR count). The van der Waals surface area contributed by atoms with E-state index in [-0.39, 0.29) is 16.5 Å². The molecule has 0 spiro atoms. The van der Waals surface area contributed by atoms with Gasteiger partial charge in [0, 0.05) is 11.8 Å². The Morgan fingerprint density at radius 3 is 2.25 bits per heavy atom. The summed E-state index contributed by atoms with van der Waals surface area (Å²) in [5, 5.41) is 8.14. The monoisotopic (exact) mass is 416 g/mol. The molecule has 2 aromatic rings. The van der Waals surface area contributed by atoms with Gasteiger partial charge < -0.3 is 10.6 Å². The molecule has 0 aliphatic heterocycles. The number of carbonyl (C=O) groups excluding carboxylic acids is 1. The lowest BCUT2D eigenvalue weighted by Crippen LogP contribution is -2.29. The third kappa shape index (κ3) is 5.98. The maximum Gasteiger partial charge on any atom is 0.471 e. The second-order valence-corrected chi connectivity index (χ2v) is 5.82. The van der Waals surface area contributed by atoms with Gasteiger partial charge in [-0.05, 0) is 49.0 Å². The lowest BCUT2D eigenvalue weighted by molar-refractivity contribution is -0.167. The number of hydrazone groups is 1. The third-order valence-corrected chi connectivity index (χ3v) is 3.52. The Morgan fingerprint density at radius 2 is 1.68 bits per heavy atom. The van der Waals surface area contributed by atoms with Gasteiger partial charge in [-0.1, -0.05) is 12.1 Å².